The number of nitrogens with one attached hydrogen (secondary N) is 1. The van der Waals surface area contributed by atoms with Gasteiger partial charge >= 0.3 is 5.97 Å². The smallest absolute Gasteiger partial charge is 0.305 e. The van der Waals surface area contributed by atoms with Crippen molar-refractivity contribution in [2.24, 2.45) is 0 Å². The average molecular weight is 644 g/mol. The van der Waals surface area contributed by atoms with Gasteiger partial charge in [0.15, 0.2) is 0 Å². The molecule has 0 saturated carbocycles. The molecule has 14 heteroatoms. The third-order valence-electron chi connectivity index (χ3n) is 5.51. The van der Waals surface area contributed by atoms with Crippen LogP contribution in [0.5, 0.6) is 0 Å². The van der Waals surface area contributed by atoms with Crippen LogP contribution in [0, 0.1) is 0 Å². The standard InChI is InChI=1S/C29H59NO12.CH2O/c1-32-11-12-35-15-16-37-19-20-39-23-24-41-27-28-42-26-25-40-22-21-38-18-17-36-14-13-34-10-6-9-30-8-5-3-4-7-29(31)33-2;1-2/h30H,3-28H2,1-2H3;1H2. The van der Waals surface area contributed by atoms with Crippen molar-refractivity contribution in [2.45, 2.75) is 32.1 Å². The van der Waals surface area contributed by atoms with Gasteiger partial charge in [-0.05, 0) is 32.4 Å². The normalized spacial score (nSPS) is 11.0. The second kappa shape index (κ2) is 43.8. The van der Waals surface area contributed by atoms with Crippen molar-refractivity contribution in [1.82, 2.24) is 5.32 Å². The van der Waals surface area contributed by atoms with Gasteiger partial charge in [0.25, 0.3) is 0 Å². The summed E-state index contributed by atoms with van der Waals surface area (Å²) >= 11 is 0. The summed E-state index contributed by atoms with van der Waals surface area (Å²) in [6.45, 7) is 14.3. The first-order chi connectivity index (χ1) is 21.8. The Morgan fingerprint density at radius 2 is 0.750 bits per heavy atom. The van der Waals surface area contributed by atoms with Crippen molar-refractivity contribution in [3.63, 3.8) is 0 Å². The molecule has 0 amide bonds. The van der Waals surface area contributed by atoms with Crippen LogP contribution < -0.4 is 5.32 Å². The fraction of sp³-hybridized carbons (Fsp3) is 0.933. The number of unbranched alkanes of at least 4 members (excludes halogenated alkanes) is 2. The Labute approximate surface area is 264 Å². The highest BCUT2D eigenvalue weighted by Gasteiger charge is 1.99. The summed E-state index contributed by atoms with van der Waals surface area (Å²) in [4.78, 5) is 19.0. The van der Waals surface area contributed by atoms with E-state index in [1.54, 1.807) is 7.11 Å². The number of esters is 1. The van der Waals surface area contributed by atoms with Crippen LogP contribution in [-0.2, 0) is 61.7 Å². The predicted octanol–water partition coefficient (Wildman–Crippen LogP) is 1.31. The Balaban J connectivity index is 0. The molecule has 0 aromatic heterocycles. The lowest BCUT2D eigenvalue weighted by Gasteiger charge is -2.09. The third-order valence-corrected chi connectivity index (χ3v) is 5.51. The topological polar surface area (TPSA) is 148 Å². The van der Waals surface area contributed by atoms with Crippen molar-refractivity contribution >= 4 is 12.8 Å². The molecule has 0 unspecified atom stereocenters. The van der Waals surface area contributed by atoms with Gasteiger partial charge in [-0.3, -0.25) is 4.79 Å². The Morgan fingerprint density at radius 3 is 1.09 bits per heavy atom. The summed E-state index contributed by atoms with van der Waals surface area (Å²) in [5.74, 6) is -0.132. The van der Waals surface area contributed by atoms with Gasteiger partial charge in [0.2, 0.25) is 0 Å². The maximum absolute atomic E-state index is 11.0. The summed E-state index contributed by atoms with van der Waals surface area (Å²) in [5.41, 5.74) is 0. The lowest BCUT2D eigenvalue weighted by atomic mass is 10.2. The van der Waals surface area contributed by atoms with Crippen LogP contribution in [0.1, 0.15) is 32.1 Å². The van der Waals surface area contributed by atoms with Crippen LogP contribution in [-0.4, -0.2) is 166 Å². The molecule has 14 nitrogen and oxygen atoms in total. The number of hydrogen-bond acceptors (Lipinski definition) is 14. The molecule has 0 heterocycles. The molecule has 44 heavy (non-hydrogen) atoms. The molecule has 0 aromatic carbocycles. The van der Waals surface area contributed by atoms with Crippen LogP contribution in [0.3, 0.4) is 0 Å². The van der Waals surface area contributed by atoms with E-state index in [1.807, 2.05) is 6.79 Å². The fourth-order valence-corrected chi connectivity index (χ4v) is 3.23. The zero-order valence-corrected chi connectivity index (χ0v) is 27.4. The van der Waals surface area contributed by atoms with Gasteiger partial charge < -0.3 is 62.2 Å². The number of hydrogen-bond donors (Lipinski definition) is 1. The van der Waals surface area contributed by atoms with E-state index in [9.17, 15) is 4.79 Å². The number of carbonyl (C=O) groups excluding carboxylic acids is 2. The quantitative estimate of drug-likeness (QED) is 0.0766. The van der Waals surface area contributed by atoms with Crippen LogP contribution in [0.2, 0.25) is 0 Å². The minimum atomic E-state index is -0.132. The lowest BCUT2D eigenvalue weighted by molar-refractivity contribution is -0.140. The minimum absolute atomic E-state index is 0.132. The molecule has 0 bridgehead atoms. The molecular weight excluding hydrogens is 582 g/mol. The van der Waals surface area contributed by atoms with Gasteiger partial charge in [0, 0.05) is 20.1 Å². The molecule has 0 aliphatic heterocycles. The fourth-order valence-electron chi connectivity index (χ4n) is 3.23. The first-order valence-corrected chi connectivity index (χ1v) is 15.6. The monoisotopic (exact) mass is 643 g/mol. The van der Waals surface area contributed by atoms with Gasteiger partial charge in [0.1, 0.15) is 6.79 Å². The van der Waals surface area contributed by atoms with E-state index < -0.39 is 0 Å². The number of ether oxygens (including phenoxy) is 11. The predicted molar refractivity (Wildman–Crippen MR) is 164 cm³/mol. The Bertz CT molecular complexity index is 535. The van der Waals surface area contributed by atoms with Gasteiger partial charge in [-0.15, -0.1) is 0 Å². The van der Waals surface area contributed by atoms with Gasteiger partial charge in [-0.2, -0.15) is 0 Å². The summed E-state index contributed by atoms with van der Waals surface area (Å²) in [6, 6.07) is 0. The molecule has 0 aliphatic rings. The lowest BCUT2D eigenvalue weighted by Crippen LogP contribution is -2.19. The second-order valence-corrected chi connectivity index (χ2v) is 8.99. The van der Waals surface area contributed by atoms with Gasteiger partial charge in [-0.25, -0.2) is 0 Å². The largest absolute Gasteiger partial charge is 0.469 e. The average Bonchev–Trinajstić information content (AvgIpc) is 3.05. The van der Waals surface area contributed by atoms with E-state index in [1.165, 1.54) is 7.11 Å². The number of rotatable bonds is 37. The molecule has 0 atom stereocenters. The molecular formula is C30H61NO13. The zero-order chi connectivity index (χ0) is 32.4. The molecule has 0 rings (SSSR count). The highest BCUT2D eigenvalue weighted by atomic mass is 16.6. The molecule has 0 aliphatic carbocycles. The van der Waals surface area contributed by atoms with E-state index in [2.05, 4.69) is 10.1 Å². The number of methoxy groups -OCH3 is 2. The van der Waals surface area contributed by atoms with Crippen molar-refractivity contribution in [2.75, 3.05) is 153 Å². The van der Waals surface area contributed by atoms with Crippen molar-refractivity contribution in [3.05, 3.63) is 0 Å². The van der Waals surface area contributed by atoms with E-state index in [0.717, 1.165) is 38.8 Å². The molecule has 264 valence electrons. The molecule has 0 fully saturated rings. The highest BCUT2D eigenvalue weighted by molar-refractivity contribution is 5.68. The summed E-state index contributed by atoms with van der Waals surface area (Å²) in [7, 11) is 3.07. The Kier molecular flexibility index (Phi) is 44.6. The van der Waals surface area contributed by atoms with Crippen LogP contribution in [0.4, 0.5) is 0 Å². The third kappa shape index (κ3) is 42.8. The van der Waals surface area contributed by atoms with Crippen LogP contribution in [0.25, 0.3) is 0 Å². The Morgan fingerprint density at radius 1 is 0.432 bits per heavy atom. The minimum Gasteiger partial charge on any atom is -0.469 e. The van der Waals surface area contributed by atoms with Crippen molar-refractivity contribution in [3.8, 4) is 0 Å². The van der Waals surface area contributed by atoms with Gasteiger partial charge in [0.05, 0.1) is 126 Å². The van der Waals surface area contributed by atoms with Crippen molar-refractivity contribution < 1.29 is 61.7 Å². The van der Waals surface area contributed by atoms with E-state index in [-0.39, 0.29) is 5.97 Å². The van der Waals surface area contributed by atoms with Crippen molar-refractivity contribution in [1.29, 1.82) is 0 Å². The highest BCUT2D eigenvalue weighted by Crippen LogP contribution is 2.00. The maximum atomic E-state index is 11.0. The van der Waals surface area contributed by atoms with E-state index >= 15 is 0 Å². The van der Waals surface area contributed by atoms with E-state index in [4.69, 9.17) is 52.2 Å². The first kappa shape index (κ1) is 44.8. The van der Waals surface area contributed by atoms with Gasteiger partial charge in [-0.1, -0.05) is 6.42 Å². The zero-order valence-electron chi connectivity index (χ0n) is 27.4. The van der Waals surface area contributed by atoms with Crippen LogP contribution in [0.15, 0.2) is 0 Å². The molecule has 0 aromatic rings. The summed E-state index contributed by atoms with van der Waals surface area (Å²) < 4.78 is 58.6. The SMILES string of the molecule is C=O.COCCOCCOCCOCCOCCOCCOCCOCCOCCOCCCNCCCCCC(=O)OC. The number of carbonyl (C=O) groups is 2. The summed E-state index contributed by atoms with van der Waals surface area (Å²) in [6.07, 6.45) is 4.44. The molecule has 0 radical (unpaired) electrons. The van der Waals surface area contributed by atoms with E-state index in [0.29, 0.717) is 132 Å². The first-order valence-electron chi connectivity index (χ1n) is 15.6. The molecule has 0 spiro atoms. The summed E-state index contributed by atoms with van der Waals surface area (Å²) in [5, 5.41) is 3.38. The molecule has 0 saturated heterocycles. The Hall–Kier alpha value is -1.30. The maximum Gasteiger partial charge on any atom is 0.305 e. The molecule has 1 N–H and O–H groups in total. The van der Waals surface area contributed by atoms with Crippen LogP contribution >= 0.6 is 0 Å². The second-order valence-electron chi connectivity index (χ2n) is 8.99.